The maximum atomic E-state index is 10.8. The van der Waals surface area contributed by atoms with Crippen LogP contribution in [0.25, 0.3) is 0 Å². The van der Waals surface area contributed by atoms with Crippen LogP contribution in [0.4, 0.5) is 0 Å². The minimum atomic E-state index is 0. The smallest absolute Gasteiger partial charge is 0.478 e. The molecule has 22 heavy (non-hydrogen) atoms. The Morgan fingerprint density at radius 1 is 1.09 bits per heavy atom. The number of nitrogens with zero attached hydrogens (tertiary/aromatic N) is 1. The molecule has 0 unspecified atom stereocenters. The van der Waals surface area contributed by atoms with Gasteiger partial charge in [0, 0.05) is 0 Å². The topological polar surface area (TPSA) is 38.7 Å². The third kappa shape index (κ3) is 5.38. The van der Waals surface area contributed by atoms with Crippen molar-refractivity contribution in [3.05, 3.63) is 63.2 Å². The van der Waals surface area contributed by atoms with Crippen LogP contribution in [0.1, 0.15) is 20.8 Å². The minimum absolute atomic E-state index is 0. The molecule has 4 heteroatoms. The molecule has 1 atom stereocenters. The molecule has 1 aliphatic heterocycles. The Labute approximate surface area is 146 Å². The van der Waals surface area contributed by atoms with Crippen molar-refractivity contribution in [2.45, 2.75) is 26.8 Å². The first-order valence-corrected chi connectivity index (χ1v) is 7.11. The molecule has 0 saturated heterocycles. The van der Waals surface area contributed by atoms with Gasteiger partial charge in [-0.3, -0.25) is 0 Å². The first-order valence-electron chi connectivity index (χ1n) is 7.11. The Morgan fingerprint density at radius 3 is 2.14 bits per heavy atom. The standard InChI is InChI=1S/C13H16NO2.C5H5.Fe/c1-13(2,3)11-8-16-12(14-11)10-6-4-5-9(10)7-15;1-2-4-5-3-1;/h4-7,11H,8H2,1-3H3;1-5H;/q;;+2/t11-;;/m1../s1. The normalized spacial score (nSPS) is 25.8. The van der Waals surface area contributed by atoms with E-state index in [4.69, 9.17) is 4.74 Å². The van der Waals surface area contributed by atoms with Crippen molar-refractivity contribution in [1.82, 2.24) is 0 Å². The van der Waals surface area contributed by atoms with Gasteiger partial charge in [-0.05, 0) is 56.8 Å². The molecule has 3 rings (SSSR count). The number of rotatable bonds is 2. The van der Waals surface area contributed by atoms with Crippen LogP contribution in [0.3, 0.4) is 0 Å². The molecule has 0 N–H and O–H groups in total. The van der Waals surface area contributed by atoms with Crippen molar-refractivity contribution in [2.75, 3.05) is 6.61 Å². The van der Waals surface area contributed by atoms with E-state index < -0.39 is 0 Å². The van der Waals surface area contributed by atoms with Crippen LogP contribution in [-0.2, 0) is 26.6 Å². The number of aliphatic imine (C=N–C) groups is 1. The summed E-state index contributed by atoms with van der Waals surface area (Å²) >= 11 is 0. The fourth-order valence-corrected chi connectivity index (χ4v) is 2.02. The zero-order valence-corrected chi connectivity index (χ0v) is 14.2. The van der Waals surface area contributed by atoms with Crippen LogP contribution in [0.5, 0.6) is 0 Å². The van der Waals surface area contributed by atoms with Gasteiger partial charge in [-0.1, -0.05) is 20.8 Å². The van der Waals surface area contributed by atoms with Gasteiger partial charge in [-0.25, -0.2) is 4.99 Å². The molecule has 2 fully saturated rings. The van der Waals surface area contributed by atoms with Crippen LogP contribution in [0.2, 0.25) is 0 Å². The van der Waals surface area contributed by atoms with E-state index in [1.54, 1.807) is 6.42 Å². The molecule has 0 aromatic carbocycles. The summed E-state index contributed by atoms with van der Waals surface area (Å²) in [5, 5.41) is 0. The Balaban J connectivity index is 0.000000344. The van der Waals surface area contributed by atoms with Crippen LogP contribution in [0.15, 0.2) is 4.99 Å². The van der Waals surface area contributed by atoms with Crippen molar-refractivity contribution >= 4 is 12.2 Å². The van der Waals surface area contributed by atoms with Gasteiger partial charge in [-0.2, -0.15) is 0 Å². The average Bonchev–Trinajstić information content (AvgIpc) is 3.19. The van der Waals surface area contributed by atoms with Gasteiger partial charge in [0.25, 0.3) is 0 Å². The molecule has 0 bridgehead atoms. The van der Waals surface area contributed by atoms with Crippen LogP contribution in [-0.4, -0.2) is 24.8 Å². The molecule has 10 radical (unpaired) electrons. The van der Waals surface area contributed by atoms with Gasteiger partial charge in [0.2, 0.25) is 0 Å². The Kier molecular flexibility index (Phi) is 8.13. The molecule has 3 nitrogen and oxygen atoms in total. The number of carbonyl (C=O) groups excluding carboxylic acids is 1. The monoisotopic (exact) mass is 339 g/mol. The zero-order valence-electron chi connectivity index (χ0n) is 13.1. The molecule has 0 aromatic heterocycles. The van der Waals surface area contributed by atoms with Crippen LogP contribution in [0, 0.1) is 68.6 Å². The maximum Gasteiger partial charge on any atom is 2.00 e. The summed E-state index contributed by atoms with van der Waals surface area (Å²) in [4.78, 5) is 15.4. The quantitative estimate of drug-likeness (QED) is 0.573. The van der Waals surface area contributed by atoms with E-state index in [0.717, 1.165) is 12.2 Å². The van der Waals surface area contributed by atoms with E-state index in [-0.39, 0.29) is 28.5 Å². The first kappa shape index (κ1) is 19.7. The Bertz CT molecular complexity index is 364. The first-order chi connectivity index (χ1) is 10.0. The predicted molar refractivity (Wildman–Crippen MR) is 83.6 cm³/mol. The predicted octanol–water partition coefficient (Wildman–Crippen LogP) is 2.82. The van der Waals surface area contributed by atoms with Crippen molar-refractivity contribution in [1.29, 1.82) is 0 Å². The molecule has 0 aromatic rings. The SMILES string of the molecule is CC(C)(C)[C@H]1COC([C]2[CH][CH][CH][C]2C=O)=N1.[CH]1[CH][CH][CH][CH]1.[Fe+2]. The number of carbonyl (C=O) groups is 1. The molecular weight excluding hydrogens is 318 g/mol. The maximum absolute atomic E-state index is 10.8. The van der Waals surface area contributed by atoms with Crippen molar-refractivity contribution in [3.63, 3.8) is 0 Å². The molecule has 2 saturated carbocycles. The van der Waals surface area contributed by atoms with Gasteiger partial charge in [0.1, 0.15) is 12.9 Å². The Hall–Kier alpha value is -0.341. The summed E-state index contributed by atoms with van der Waals surface area (Å²) < 4.78 is 5.57. The third-order valence-corrected chi connectivity index (χ3v) is 3.41. The van der Waals surface area contributed by atoms with E-state index in [9.17, 15) is 4.79 Å². The van der Waals surface area contributed by atoms with Crippen LogP contribution >= 0.6 is 0 Å². The summed E-state index contributed by atoms with van der Waals surface area (Å²) in [6, 6.07) is 0.164. The van der Waals surface area contributed by atoms with Gasteiger partial charge < -0.3 is 9.53 Å². The summed E-state index contributed by atoms with van der Waals surface area (Å²) in [6.07, 6.45) is 16.3. The van der Waals surface area contributed by atoms with Gasteiger partial charge >= 0.3 is 17.1 Å². The van der Waals surface area contributed by atoms with Crippen molar-refractivity contribution in [3.8, 4) is 0 Å². The van der Waals surface area contributed by atoms with E-state index in [2.05, 4.69) is 25.8 Å². The van der Waals surface area contributed by atoms with E-state index in [0.29, 0.717) is 18.4 Å². The van der Waals surface area contributed by atoms with Gasteiger partial charge in [-0.15, -0.1) is 0 Å². The molecular formula is C18H21FeNO2+2. The Morgan fingerprint density at radius 2 is 1.68 bits per heavy atom. The average molecular weight is 339 g/mol. The summed E-state index contributed by atoms with van der Waals surface area (Å²) in [5.41, 5.74) is 0.0929. The second-order valence-corrected chi connectivity index (χ2v) is 6.10. The largest absolute Gasteiger partial charge is 2.00 e. The zero-order chi connectivity index (χ0) is 15.3. The summed E-state index contributed by atoms with van der Waals surface area (Å²) in [6.45, 7) is 7.01. The molecule has 2 aliphatic carbocycles. The number of aldehydes is 1. The van der Waals surface area contributed by atoms with E-state index in [1.807, 2.05) is 44.9 Å². The molecule has 1 heterocycles. The van der Waals surface area contributed by atoms with Crippen molar-refractivity contribution < 1.29 is 26.6 Å². The second-order valence-electron chi connectivity index (χ2n) is 6.10. The third-order valence-electron chi connectivity index (χ3n) is 3.41. The van der Waals surface area contributed by atoms with E-state index in [1.165, 1.54) is 0 Å². The number of hydrogen-bond donors (Lipinski definition) is 0. The molecule has 0 spiro atoms. The summed E-state index contributed by atoms with van der Waals surface area (Å²) in [5.74, 6) is 2.06. The van der Waals surface area contributed by atoms with Gasteiger partial charge in [0.05, 0.1) is 17.9 Å². The fraction of sp³-hybridized carbons (Fsp3) is 0.333. The number of hydrogen-bond acceptors (Lipinski definition) is 3. The number of ether oxygens (including phenoxy) is 1. The fourth-order valence-electron chi connectivity index (χ4n) is 2.02. The molecule has 116 valence electrons. The summed E-state index contributed by atoms with van der Waals surface area (Å²) in [7, 11) is 0. The molecule has 3 aliphatic rings. The van der Waals surface area contributed by atoms with Crippen LogP contribution < -0.4 is 0 Å². The van der Waals surface area contributed by atoms with E-state index >= 15 is 0 Å². The minimum Gasteiger partial charge on any atom is -0.478 e. The second kappa shape index (κ2) is 9.08. The molecule has 0 amide bonds. The van der Waals surface area contributed by atoms with Gasteiger partial charge in [0.15, 0.2) is 5.90 Å². The van der Waals surface area contributed by atoms with Crippen molar-refractivity contribution in [2.24, 2.45) is 10.4 Å².